The summed E-state index contributed by atoms with van der Waals surface area (Å²) in [5.74, 6) is 0.661. The molecule has 1 aromatic heterocycles. The van der Waals surface area contributed by atoms with Crippen LogP contribution >= 0.6 is 11.6 Å². The molecule has 2 aromatic carbocycles. The van der Waals surface area contributed by atoms with Gasteiger partial charge in [0.1, 0.15) is 11.5 Å². The van der Waals surface area contributed by atoms with E-state index in [1.807, 2.05) is 24.4 Å². The number of rotatable bonds is 5. The number of halogens is 1. The SMILES string of the molecule is COc1cc(OC)c(NC(=O)c2ccc(-n3cccn3)cc2)cc1Cl. The third-order valence-corrected chi connectivity index (χ3v) is 3.92. The van der Waals surface area contributed by atoms with Crippen molar-refractivity contribution in [1.82, 2.24) is 9.78 Å². The zero-order chi connectivity index (χ0) is 17.8. The molecule has 1 heterocycles. The highest BCUT2D eigenvalue weighted by atomic mass is 35.5. The molecule has 3 rings (SSSR count). The fourth-order valence-electron chi connectivity index (χ4n) is 2.34. The molecule has 0 aliphatic rings. The molecule has 0 spiro atoms. The molecular formula is C18H16ClN3O3. The fraction of sp³-hybridized carbons (Fsp3) is 0.111. The maximum atomic E-state index is 12.5. The lowest BCUT2D eigenvalue weighted by Crippen LogP contribution is -2.13. The molecule has 7 heteroatoms. The van der Waals surface area contributed by atoms with Gasteiger partial charge < -0.3 is 14.8 Å². The van der Waals surface area contributed by atoms with Gasteiger partial charge in [0.15, 0.2) is 0 Å². The van der Waals surface area contributed by atoms with Gasteiger partial charge in [-0.05, 0) is 36.4 Å². The number of aromatic nitrogens is 2. The molecule has 1 N–H and O–H groups in total. The topological polar surface area (TPSA) is 65.4 Å². The van der Waals surface area contributed by atoms with Gasteiger partial charge >= 0.3 is 0 Å². The van der Waals surface area contributed by atoms with E-state index in [0.717, 1.165) is 5.69 Å². The monoisotopic (exact) mass is 357 g/mol. The molecule has 0 unspecified atom stereocenters. The molecule has 25 heavy (non-hydrogen) atoms. The minimum Gasteiger partial charge on any atom is -0.495 e. The third-order valence-electron chi connectivity index (χ3n) is 3.62. The van der Waals surface area contributed by atoms with Crippen LogP contribution in [0.3, 0.4) is 0 Å². The Hall–Kier alpha value is -2.99. The van der Waals surface area contributed by atoms with Crippen molar-refractivity contribution >= 4 is 23.2 Å². The van der Waals surface area contributed by atoms with Gasteiger partial charge in [-0.2, -0.15) is 5.10 Å². The molecule has 0 radical (unpaired) electrons. The number of anilines is 1. The Kier molecular flexibility index (Phi) is 4.90. The van der Waals surface area contributed by atoms with Crippen LogP contribution in [0.5, 0.6) is 11.5 Å². The first-order valence-electron chi connectivity index (χ1n) is 7.45. The fourth-order valence-corrected chi connectivity index (χ4v) is 2.58. The van der Waals surface area contributed by atoms with E-state index in [0.29, 0.717) is 27.8 Å². The van der Waals surface area contributed by atoms with E-state index in [9.17, 15) is 4.79 Å². The van der Waals surface area contributed by atoms with Crippen molar-refractivity contribution in [2.24, 2.45) is 0 Å². The van der Waals surface area contributed by atoms with E-state index in [-0.39, 0.29) is 5.91 Å². The second kappa shape index (κ2) is 7.27. The lowest BCUT2D eigenvalue weighted by atomic mass is 10.2. The molecule has 0 atom stereocenters. The smallest absolute Gasteiger partial charge is 0.255 e. The van der Waals surface area contributed by atoms with Gasteiger partial charge in [0, 0.05) is 24.0 Å². The average molecular weight is 358 g/mol. The Morgan fingerprint density at radius 2 is 1.84 bits per heavy atom. The lowest BCUT2D eigenvalue weighted by molar-refractivity contribution is 0.102. The normalized spacial score (nSPS) is 10.4. The Labute approximate surface area is 149 Å². The number of hydrogen-bond donors (Lipinski definition) is 1. The number of ether oxygens (including phenoxy) is 2. The molecule has 0 aliphatic carbocycles. The summed E-state index contributed by atoms with van der Waals surface area (Å²) < 4.78 is 12.1. The summed E-state index contributed by atoms with van der Waals surface area (Å²) in [6.07, 6.45) is 3.53. The summed E-state index contributed by atoms with van der Waals surface area (Å²) in [6.45, 7) is 0. The van der Waals surface area contributed by atoms with Crippen LogP contribution < -0.4 is 14.8 Å². The van der Waals surface area contributed by atoms with Crippen LogP contribution in [-0.4, -0.2) is 29.9 Å². The summed E-state index contributed by atoms with van der Waals surface area (Å²) in [5.41, 5.74) is 1.84. The van der Waals surface area contributed by atoms with E-state index in [1.165, 1.54) is 14.2 Å². The number of methoxy groups -OCH3 is 2. The van der Waals surface area contributed by atoms with Gasteiger partial charge in [0.05, 0.1) is 30.6 Å². The first kappa shape index (κ1) is 16.9. The summed E-state index contributed by atoms with van der Waals surface area (Å²) in [6, 6.07) is 12.1. The largest absolute Gasteiger partial charge is 0.495 e. The van der Waals surface area contributed by atoms with E-state index in [4.69, 9.17) is 21.1 Å². The summed E-state index contributed by atoms with van der Waals surface area (Å²) >= 11 is 6.12. The molecule has 0 saturated heterocycles. The van der Waals surface area contributed by atoms with E-state index >= 15 is 0 Å². The second-order valence-electron chi connectivity index (χ2n) is 5.14. The number of nitrogens with zero attached hydrogens (tertiary/aromatic N) is 2. The van der Waals surface area contributed by atoms with Gasteiger partial charge in [-0.1, -0.05) is 11.6 Å². The number of carbonyl (C=O) groups is 1. The Balaban J connectivity index is 1.81. The maximum absolute atomic E-state index is 12.5. The van der Waals surface area contributed by atoms with Gasteiger partial charge in [-0.3, -0.25) is 4.79 Å². The van der Waals surface area contributed by atoms with Crippen molar-refractivity contribution in [3.8, 4) is 17.2 Å². The molecule has 0 saturated carbocycles. The van der Waals surface area contributed by atoms with Crippen LogP contribution in [0.15, 0.2) is 54.9 Å². The van der Waals surface area contributed by atoms with Gasteiger partial charge in [0.25, 0.3) is 5.91 Å². The van der Waals surface area contributed by atoms with Crippen LogP contribution in [-0.2, 0) is 0 Å². The number of carbonyl (C=O) groups excluding carboxylic acids is 1. The molecule has 6 nitrogen and oxygen atoms in total. The van der Waals surface area contributed by atoms with Gasteiger partial charge in [-0.25, -0.2) is 4.68 Å². The third kappa shape index (κ3) is 3.59. The maximum Gasteiger partial charge on any atom is 0.255 e. The van der Waals surface area contributed by atoms with Gasteiger partial charge in [-0.15, -0.1) is 0 Å². The number of amides is 1. The van der Waals surface area contributed by atoms with Crippen molar-refractivity contribution in [3.05, 3.63) is 65.4 Å². The minimum absolute atomic E-state index is 0.272. The van der Waals surface area contributed by atoms with E-state index in [1.54, 1.807) is 35.1 Å². The number of hydrogen-bond acceptors (Lipinski definition) is 4. The molecule has 0 bridgehead atoms. The minimum atomic E-state index is -0.272. The van der Waals surface area contributed by atoms with Crippen molar-refractivity contribution in [2.75, 3.05) is 19.5 Å². The quantitative estimate of drug-likeness (QED) is 0.754. The Morgan fingerprint density at radius 1 is 1.12 bits per heavy atom. The number of benzene rings is 2. The summed E-state index contributed by atoms with van der Waals surface area (Å²) in [5, 5.41) is 7.33. The Bertz CT molecular complexity index is 877. The second-order valence-corrected chi connectivity index (χ2v) is 5.55. The van der Waals surface area contributed by atoms with Crippen molar-refractivity contribution in [3.63, 3.8) is 0 Å². The van der Waals surface area contributed by atoms with Crippen molar-refractivity contribution in [1.29, 1.82) is 0 Å². The molecule has 1 amide bonds. The van der Waals surface area contributed by atoms with Crippen LogP contribution in [0, 0.1) is 0 Å². The molecular weight excluding hydrogens is 342 g/mol. The van der Waals surface area contributed by atoms with Crippen LogP contribution in [0.4, 0.5) is 5.69 Å². The summed E-state index contributed by atoms with van der Waals surface area (Å²) in [4.78, 5) is 12.5. The zero-order valence-electron chi connectivity index (χ0n) is 13.7. The van der Waals surface area contributed by atoms with E-state index < -0.39 is 0 Å². The highest BCUT2D eigenvalue weighted by molar-refractivity contribution is 6.32. The average Bonchev–Trinajstić information content (AvgIpc) is 3.17. The van der Waals surface area contributed by atoms with Crippen LogP contribution in [0.2, 0.25) is 5.02 Å². The standard InChI is InChI=1S/C18H16ClN3O3/c1-24-16-11-17(25-2)15(10-14(16)19)21-18(23)12-4-6-13(7-5-12)22-9-3-8-20-22/h3-11H,1-2H3,(H,21,23). The molecule has 128 valence electrons. The summed E-state index contributed by atoms with van der Waals surface area (Å²) in [7, 11) is 3.03. The first-order chi connectivity index (χ1) is 12.1. The van der Waals surface area contributed by atoms with Crippen molar-refractivity contribution in [2.45, 2.75) is 0 Å². The molecule has 0 aliphatic heterocycles. The Morgan fingerprint density at radius 3 is 2.44 bits per heavy atom. The first-order valence-corrected chi connectivity index (χ1v) is 7.83. The lowest BCUT2D eigenvalue weighted by Gasteiger charge is -2.13. The highest BCUT2D eigenvalue weighted by Crippen LogP contribution is 2.36. The molecule has 3 aromatic rings. The zero-order valence-corrected chi connectivity index (χ0v) is 14.4. The van der Waals surface area contributed by atoms with Crippen LogP contribution in [0.1, 0.15) is 10.4 Å². The van der Waals surface area contributed by atoms with Crippen molar-refractivity contribution < 1.29 is 14.3 Å². The predicted molar refractivity (Wildman–Crippen MR) is 96.1 cm³/mol. The number of nitrogens with one attached hydrogen (secondary N) is 1. The molecule has 0 fully saturated rings. The predicted octanol–water partition coefficient (Wildman–Crippen LogP) is 3.80. The van der Waals surface area contributed by atoms with Gasteiger partial charge in [0.2, 0.25) is 0 Å². The van der Waals surface area contributed by atoms with E-state index in [2.05, 4.69) is 10.4 Å². The highest BCUT2D eigenvalue weighted by Gasteiger charge is 2.14. The van der Waals surface area contributed by atoms with Crippen LogP contribution in [0.25, 0.3) is 5.69 Å².